The van der Waals surface area contributed by atoms with Gasteiger partial charge >= 0.3 is 0 Å². The fraction of sp³-hybridized carbons (Fsp3) is 1.00. The van der Waals surface area contributed by atoms with Gasteiger partial charge in [-0.2, -0.15) is 0 Å². The van der Waals surface area contributed by atoms with Crippen LogP contribution in [0.15, 0.2) is 0 Å². The van der Waals surface area contributed by atoms with E-state index in [9.17, 15) is 5.11 Å². The molecule has 0 heterocycles. The number of ether oxygens (including phenoxy) is 3. The van der Waals surface area contributed by atoms with Crippen molar-refractivity contribution in [2.75, 3.05) is 40.3 Å². The quantitative estimate of drug-likeness (QED) is 0.317. The van der Waals surface area contributed by atoms with Crippen molar-refractivity contribution < 1.29 is 29.5 Å². The molecular formula is C9H20O6. The van der Waals surface area contributed by atoms with Gasteiger partial charge in [-0.15, -0.1) is 0 Å². The van der Waals surface area contributed by atoms with Crippen LogP contribution >= 0.6 is 0 Å². The maximum absolute atomic E-state index is 9.17. The molecule has 0 saturated carbocycles. The summed E-state index contributed by atoms with van der Waals surface area (Å²) in [4.78, 5) is 0. The smallest absolute Gasteiger partial charge is 0.146 e. The van der Waals surface area contributed by atoms with Crippen LogP contribution in [0.25, 0.3) is 0 Å². The summed E-state index contributed by atoms with van der Waals surface area (Å²) in [5, 5.41) is 26.7. The van der Waals surface area contributed by atoms with Gasteiger partial charge in [0, 0.05) is 13.7 Å². The maximum Gasteiger partial charge on any atom is 0.146 e. The average molecular weight is 224 g/mol. The third-order valence-corrected chi connectivity index (χ3v) is 1.70. The second kappa shape index (κ2) is 10.3. The molecule has 0 aliphatic rings. The van der Waals surface area contributed by atoms with Gasteiger partial charge in [-0.05, 0) is 6.42 Å². The number of hydrogen-bond acceptors (Lipinski definition) is 6. The first kappa shape index (κ1) is 14.8. The monoisotopic (exact) mass is 224 g/mol. The minimum Gasteiger partial charge on any atom is -0.394 e. The summed E-state index contributed by atoms with van der Waals surface area (Å²) >= 11 is 0. The van der Waals surface area contributed by atoms with Crippen molar-refractivity contribution in [2.45, 2.75) is 18.6 Å². The fourth-order valence-electron chi connectivity index (χ4n) is 0.842. The SMILES string of the molecule is COCOCCCOCC(O)C(O)CO. The highest BCUT2D eigenvalue weighted by molar-refractivity contribution is 4.64. The highest BCUT2D eigenvalue weighted by Crippen LogP contribution is 1.94. The molecule has 2 atom stereocenters. The Morgan fingerprint density at radius 2 is 1.73 bits per heavy atom. The Hall–Kier alpha value is -0.240. The molecule has 6 nitrogen and oxygen atoms in total. The largest absolute Gasteiger partial charge is 0.394 e. The number of hydrogen-bond donors (Lipinski definition) is 3. The van der Waals surface area contributed by atoms with Gasteiger partial charge in [-0.3, -0.25) is 0 Å². The van der Waals surface area contributed by atoms with Crippen LogP contribution in [0.1, 0.15) is 6.42 Å². The van der Waals surface area contributed by atoms with Gasteiger partial charge in [0.1, 0.15) is 19.0 Å². The molecule has 0 aromatic carbocycles. The van der Waals surface area contributed by atoms with Crippen LogP contribution in [-0.4, -0.2) is 67.9 Å². The molecule has 92 valence electrons. The molecule has 0 amide bonds. The number of methoxy groups -OCH3 is 1. The van der Waals surface area contributed by atoms with Crippen molar-refractivity contribution in [2.24, 2.45) is 0 Å². The second-order valence-corrected chi connectivity index (χ2v) is 3.06. The van der Waals surface area contributed by atoms with E-state index in [4.69, 9.17) is 19.7 Å². The van der Waals surface area contributed by atoms with E-state index in [0.29, 0.717) is 19.6 Å². The molecular weight excluding hydrogens is 204 g/mol. The molecule has 15 heavy (non-hydrogen) atoms. The lowest BCUT2D eigenvalue weighted by Crippen LogP contribution is -2.33. The van der Waals surface area contributed by atoms with Crippen molar-refractivity contribution in [3.63, 3.8) is 0 Å². The van der Waals surface area contributed by atoms with Gasteiger partial charge in [-0.1, -0.05) is 0 Å². The van der Waals surface area contributed by atoms with E-state index >= 15 is 0 Å². The van der Waals surface area contributed by atoms with Gasteiger partial charge in [0.15, 0.2) is 0 Å². The molecule has 6 heteroatoms. The molecule has 0 saturated heterocycles. The molecule has 2 unspecified atom stereocenters. The fourth-order valence-corrected chi connectivity index (χ4v) is 0.842. The van der Waals surface area contributed by atoms with Gasteiger partial charge in [0.25, 0.3) is 0 Å². The van der Waals surface area contributed by atoms with Crippen LogP contribution in [0.2, 0.25) is 0 Å². The van der Waals surface area contributed by atoms with E-state index in [0.717, 1.165) is 0 Å². The van der Waals surface area contributed by atoms with Crippen LogP contribution in [-0.2, 0) is 14.2 Å². The lowest BCUT2D eigenvalue weighted by Gasteiger charge is -2.15. The molecule has 0 aliphatic heterocycles. The normalized spacial score (nSPS) is 15.2. The highest BCUT2D eigenvalue weighted by atomic mass is 16.7. The van der Waals surface area contributed by atoms with E-state index in [-0.39, 0.29) is 13.4 Å². The third-order valence-electron chi connectivity index (χ3n) is 1.70. The second-order valence-electron chi connectivity index (χ2n) is 3.06. The summed E-state index contributed by atoms with van der Waals surface area (Å²) in [6.07, 6.45) is -1.50. The molecule has 0 radical (unpaired) electrons. The summed E-state index contributed by atoms with van der Waals surface area (Å²) in [6.45, 7) is 0.741. The van der Waals surface area contributed by atoms with Gasteiger partial charge in [0.2, 0.25) is 0 Å². The third kappa shape index (κ3) is 8.73. The number of rotatable bonds is 10. The van der Waals surface area contributed by atoms with Gasteiger partial charge < -0.3 is 29.5 Å². The van der Waals surface area contributed by atoms with Crippen LogP contribution in [0, 0.1) is 0 Å². The summed E-state index contributed by atoms with van der Waals surface area (Å²) in [5.41, 5.74) is 0. The Morgan fingerprint density at radius 1 is 1.07 bits per heavy atom. The highest BCUT2D eigenvalue weighted by Gasteiger charge is 2.14. The predicted octanol–water partition coefficient (Wildman–Crippen LogP) is -1.27. The Morgan fingerprint density at radius 3 is 2.33 bits per heavy atom. The Kier molecular flexibility index (Phi) is 10.1. The van der Waals surface area contributed by atoms with E-state index in [1.165, 1.54) is 0 Å². The number of aliphatic hydroxyl groups is 3. The lowest BCUT2D eigenvalue weighted by atomic mass is 10.2. The summed E-state index contributed by atoms with van der Waals surface area (Å²) in [5.74, 6) is 0. The van der Waals surface area contributed by atoms with E-state index in [2.05, 4.69) is 4.74 Å². The molecule has 0 aromatic rings. The maximum atomic E-state index is 9.17. The first-order valence-electron chi connectivity index (χ1n) is 4.83. The Balaban J connectivity index is 3.16. The van der Waals surface area contributed by atoms with Crippen LogP contribution in [0.3, 0.4) is 0 Å². The van der Waals surface area contributed by atoms with Gasteiger partial charge in [0.05, 0.1) is 19.8 Å². The summed E-state index contributed by atoms with van der Waals surface area (Å²) in [6, 6.07) is 0. The van der Waals surface area contributed by atoms with Crippen LogP contribution < -0.4 is 0 Å². The minimum atomic E-state index is -1.14. The zero-order valence-electron chi connectivity index (χ0n) is 8.96. The van der Waals surface area contributed by atoms with Gasteiger partial charge in [-0.25, -0.2) is 0 Å². The predicted molar refractivity (Wildman–Crippen MR) is 52.4 cm³/mol. The van der Waals surface area contributed by atoms with Crippen LogP contribution in [0.5, 0.6) is 0 Å². The summed E-state index contributed by atoms with van der Waals surface area (Å²) < 4.78 is 14.7. The summed E-state index contributed by atoms with van der Waals surface area (Å²) in [7, 11) is 1.54. The van der Waals surface area contributed by atoms with Crippen molar-refractivity contribution in [1.82, 2.24) is 0 Å². The molecule has 0 fully saturated rings. The topological polar surface area (TPSA) is 88.4 Å². The van der Waals surface area contributed by atoms with Crippen molar-refractivity contribution in [3.8, 4) is 0 Å². The van der Waals surface area contributed by atoms with E-state index in [1.54, 1.807) is 7.11 Å². The molecule has 0 spiro atoms. The van der Waals surface area contributed by atoms with E-state index in [1.807, 2.05) is 0 Å². The van der Waals surface area contributed by atoms with Crippen molar-refractivity contribution in [3.05, 3.63) is 0 Å². The Bertz CT molecular complexity index is 132. The standard InChI is InChI=1S/C9H20O6/c1-13-7-15-4-2-3-14-6-9(12)8(11)5-10/h8-12H,2-7H2,1H3. The zero-order valence-corrected chi connectivity index (χ0v) is 8.96. The van der Waals surface area contributed by atoms with Crippen LogP contribution in [0.4, 0.5) is 0 Å². The average Bonchev–Trinajstić information content (AvgIpc) is 2.26. The molecule has 0 aliphatic carbocycles. The van der Waals surface area contributed by atoms with Crippen molar-refractivity contribution >= 4 is 0 Å². The first-order valence-corrected chi connectivity index (χ1v) is 4.83. The minimum absolute atomic E-state index is 0.00596. The molecule has 0 bridgehead atoms. The lowest BCUT2D eigenvalue weighted by molar-refractivity contribution is -0.0647. The van der Waals surface area contributed by atoms with Crippen molar-refractivity contribution in [1.29, 1.82) is 0 Å². The van der Waals surface area contributed by atoms with E-state index < -0.39 is 18.8 Å². The first-order chi connectivity index (χ1) is 7.22. The zero-order chi connectivity index (χ0) is 11.5. The number of aliphatic hydroxyl groups excluding tert-OH is 3. The molecule has 0 rings (SSSR count). The molecule has 0 aromatic heterocycles. The molecule has 3 N–H and O–H groups in total. The Labute approximate surface area is 89.4 Å².